The van der Waals surface area contributed by atoms with Crippen LogP contribution in [-0.2, 0) is 22.4 Å². The standard InChI is InChI=1S/C13H19NO3S2/c15-8-11-3-5-12(6-4-11)10-19(16,17)14-13-2-1-7-18-9-13/h3-6,13-15H,1-2,7-10H2. The van der Waals surface area contributed by atoms with Gasteiger partial charge in [0, 0.05) is 11.8 Å². The van der Waals surface area contributed by atoms with Gasteiger partial charge in [0.1, 0.15) is 0 Å². The molecule has 1 aromatic rings. The fourth-order valence-corrected chi connectivity index (χ4v) is 4.69. The molecule has 19 heavy (non-hydrogen) atoms. The average Bonchev–Trinajstić information content (AvgIpc) is 2.39. The number of hydrogen-bond donors (Lipinski definition) is 2. The average molecular weight is 301 g/mol. The summed E-state index contributed by atoms with van der Waals surface area (Å²) >= 11 is 1.80. The molecule has 0 amide bonds. The number of hydrogen-bond acceptors (Lipinski definition) is 4. The Kier molecular flexibility index (Phi) is 5.27. The second-order valence-corrected chi connectivity index (χ2v) is 7.67. The summed E-state index contributed by atoms with van der Waals surface area (Å²) in [6.45, 7) is -0.0232. The van der Waals surface area contributed by atoms with Crippen molar-refractivity contribution >= 4 is 21.8 Å². The van der Waals surface area contributed by atoms with Crippen LogP contribution in [0, 0.1) is 0 Å². The van der Waals surface area contributed by atoms with E-state index in [1.54, 1.807) is 36.0 Å². The van der Waals surface area contributed by atoms with Gasteiger partial charge in [-0.15, -0.1) is 0 Å². The van der Waals surface area contributed by atoms with Crippen molar-refractivity contribution in [1.82, 2.24) is 4.72 Å². The number of sulfonamides is 1. The molecule has 1 heterocycles. The van der Waals surface area contributed by atoms with E-state index in [1.165, 1.54) is 0 Å². The minimum absolute atomic E-state index is 0.000124. The second kappa shape index (κ2) is 6.74. The van der Waals surface area contributed by atoms with Gasteiger partial charge < -0.3 is 5.11 Å². The third-order valence-electron chi connectivity index (χ3n) is 3.07. The van der Waals surface area contributed by atoms with Gasteiger partial charge in [-0.1, -0.05) is 24.3 Å². The normalized spacial score (nSPS) is 20.4. The molecule has 1 aliphatic rings. The van der Waals surface area contributed by atoms with E-state index in [1.807, 2.05) is 0 Å². The first-order chi connectivity index (χ1) is 9.09. The molecule has 1 aromatic carbocycles. The Morgan fingerprint density at radius 3 is 2.53 bits per heavy atom. The monoisotopic (exact) mass is 301 g/mol. The molecule has 1 saturated heterocycles. The zero-order valence-electron chi connectivity index (χ0n) is 10.7. The molecule has 0 aromatic heterocycles. The lowest BCUT2D eigenvalue weighted by Gasteiger charge is -2.22. The first kappa shape index (κ1) is 14.8. The highest BCUT2D eigenvalue weighted by molar-refractivity contribution is 7.99. The summed E-state index contributed by atoms with van der Waals surface area (Å²) in [5.74, 6) is 1.99. The fraction of sp³-hybridized carbons (Fsp3) is 0.538. The van der Waals surface area contributed by atoms with E-state index in [4.69, 9.17) is 5.11 Å². The van der Waals surface area contributed by atoms with Crippen LogP contribution in [0.3, 0.4) is 0 Å². The number of aliphatic hydroxyl groups excluding tert-OH is 1. The molecule has 6 heteroatoms. The Morgan fingerprint density at radius 1 is 1.26 bits per heavy atom. The Labute approximate surface area is 118 Å². The van der Waals surface area contributed by atoms with Crippen molar-refractivity contribution in [2.45, 2.75) is 31.2 Å². The van der Waals surface area contributed by atoms with Crippen molar-refractivity contribution in [2.75, 3.05) is 11.5 Å². The SMILES string of the molecule is O=S(=O)(Cc1ccc(CO)cc1)NC1CCCSC1. The van der Waals surface area contributed by atoms with E-state index in [9.17, 15) is 8.42 Å². The van der Waals surface area contributed by atoms with Gasteiger partial charge in [0.15, 0.2) is 0 Å². The molecule has 2 rings (SSSR count). The third kappa shape index (κ3) is 4.80. The molecule has 1 aliphatic heterocycles. The van der Waals surface area contributed by atoms with Crippen LogP contribution in [0.25, 0.3) is 0 Å². The van der Waals surface area contributed by atoms with Gasteiger partial charge >= 0.3 is 0 Å². The first-order valence-electron chi connectivity index (χ1n) is 6.35. The minimum Gasteiger partial charge on any atom is -0.392 e. The van der Waals surface area contributed by atoms with Crippen LogP contribution in [0.5, 0.6) is 0 Å². The molecular formula is C13H19NO3S2. The van der Waals surface area contributed by atoms with Crippen molar-refractivity contribution in [3.8, 4) is 0 Å². The lowest BCUT2D eigenvalue weighted by Crippen LogP contribution is -2.38. The van der Waals surface area contributed by atoms with Crippen LogP contribution in [0.15, 0.2) is 24.3 Å². The van der Waals surface area contributed by atoms with E-state index in [2.05, 4.69) is 4.72 Å². The highest BCUT2D eigenvalue weighted by Crippen LogP contribution is 2.18. The van der Waals surface area contributed by atoms with E-state index < -0.39 is 10.0 Å². The van der Waals surface area contributed by atoms with Gasteiger partial charge in [-0.05, 0) is 29.7 Å². The van der Waals surface area contributed by atoms with Gasteiger partial charge in [0.25, 0.3) is 0 Å². The maximum Gasteiger partial charge on any atom is 0.216 e. The Balaban J connectivity index is 1.95. The van der Waals surface area contributed by atoms with Crippen LogP contribution >= 0.6 is 11.8 Å². The maximum absolute atomic E-state index is 12.1. The lowest BCUT2D eigenvalue weighted by molar-refractivity contribution is 0.282. The molecule has 0 bridgehead atoms. The highest BCUT2D eigenvalue weighted by atomic mass is 32.2. The molecule has 4 nitrogen and oxygen atoms in total. The molecule has 0 saturated carbocycles. The van der Waals surface area contributed by atoms with Crippen molar-refractivity contribution in [3.05, 3.63) is 35.4 Å². The zero-order chi connectivity index (χ0) is 13.7. The van der Waals surface area contributed by atoms with Gasteiger partial charge in [-0.3, -0.25) is 0 Å². The Bertz CT molecular complexity index is 493. The quantitative estimate of drug-likeness (QED) is 0.865. The second-order valence-electron chi connectivity index (χ2n) is 4.77. The van der Waals surface area contributed by atoms with Crippen molar-refractivity contribution in [1.29, 1.82) is 0 Å². The summed E-state index contributed by atoms with van der Waals surface area (Å²) in [6, 6.07) is 7.07. The largest absolute Gasteiger partial charge is 0.392 e. The summed E-state index contributed by atoms with van der Waals surface area (Å²) in [7, 11) is -3.28. The van der Waals surface area contributed by atoms with E-state index in [0.29, 0.717) is 0 Å². The summed E-state index contributed by atoms with van der Waals surface area (Å²) in [5, 5.41) is 8.94. The number of benzene rings is 1. The summed E-state index contributed by atoms with van der Waals surface area (Å²) in [5.41, 5.74) is 1.53. The highest BCUT2D eigenvalue weighted by Gasteiger charge is 2.20. The van der Waals surface area contributed by atoms with Gasteiger partial charge in [-0.2, -0.15) is 11.8 Å². The number of aliphatic hydroxyl groups is 1. The molecule has 106 valence electrons. The summed E-state index contributed by atoms with van der Waals surface area (Å²) in [6.07, 6.45) is 2.00. The fourth-order valence-electron chi connectivity index (χ4n) is 2.09. The molecule has 0 spiro atoms. The van der Waals surface area contributed by atoms with Crippen LogP contribution in [-0.4, -0.2) is 31.1 Å². The molecule has 0 radical (unpaired) electrons. The number of nitrogens with one attached hydrogen (secondary N) is 1. The maximum atomic E-state index is 12.1. The lowest BCUT2D eigenvalue weighted by atomic mass is 10.2. The smallest absolute Gasteiger partial charge is 0.216 e. The van der Waals surface area contributed by atoms with Crippen LogP contribution in [0.2, 0.25) is 0 Å². The van der Waals surface area contributed by atoms with Gasteiger partial charge in [0.2, 0.25) is 10.0 Å². The number of thioether (sulfide) groups is 1. The van der Waals surface area contributed by atoms with Crippen molar-refractivity contribution in [3.63, 3.8) is 0 Å². The van der Waals surface area contributed by atoms with E-state index >= 15 is 0 Å². The first-order valence-corrected chi connectivity index (χ1v) is 9.16. The predicted octanol–water partition coefficient (Wildman–Crippen LogP) is 1.49. The van der Waals surface area contributed by atoms with Crippen molar-refractivity contribution < 1.29 is 13.5 Å². The minimum atomic E-state index is -3.28. The van der Waals surface area contributed by atoms with Crippen LogP contribution < -0.4 is 4.72 Å². The topological polar surface area (TPSA) is 66.4 Å². The molecular weight excluding hydrogens is 282 g/mol. The molecule has 1 fully saturated rings. The van der Waals surface area contributed by atoms with Gasteiger partial charge in [0.05, 0.1) is 12.4 Å². The Morgan fingerprint density at radius 2 is 1.95 bits per heavy atom. The summed E-state index contributed by atoms with van der Waals surface area (Å²) in [4.78, 5) is 0. The predicted molar refractivity (Wildman–Crippen MR) is 78.5 cm³/mol. The van der Waals surface area contributed by atoms with Crippen molar-refractivity contribution in [2.24, 2.45) is 0 Å². The molecule has 0 aliphatic carbocycles. The van der Waals surface area contributed by atoms with E-state index in [0.717, 1.165) is 35.5 Å². The molecule has 1 atom stereocenters. The zero-order valence-corrected chi connectivity index (χ0v) is 12.3. The van der Waals surface area contributed by atoms with E-state index in [-0.39, 0.29) is 18.4 Å². The summed E-state index contributed by atoms with van der Waals surface area (Å²) < 4.78 is 26.9. The Hall–Kier alpha value is -0.560. The molecule has 2 N–H and O–H groups in total. The van der Waals surface area contributed by atoms with Crippen LogP contribution in [0.4, 0.5) is 0 Å². The third-order valence-corrected chi connectivity index (χ3v) is 5.69. The molecule has 1 unspecified atom stereocenters. The number of rotatable bonds is 5. The van der Waals surface area contributed by atoms with Gasteiger partial charge in [-0.25, -0.2) is 13.1 Å². The van der Waals surface area contributed by atoms with Crippen LogP contribution in [0.1, 0.15) is 24.0 Å².